The van der Waals surface area contributed by atoms with E-state index in [9.17, 15) is 0 Å². The fraction of sp³-hybridized carbons (Fsp3) is 0.462. The van der Waals surface area contributed by atoms with Gasteiger partial charge >= 0.3 is 0 Å². The van der Waals surface area contributed by atoms with Crippen molar-refractivity contribution >= 4 is 0 Å². The number of nitrogens with zero attached hydrogens (tertiary/aromatic N) is 3. The number of hydrogen-bond acceptors (Lipinski definition) is 4. The highest BCUT2D eigenvalue weighted by molar-refractivity contribution is 5.50. The first-order valence-corrected chi connectivity index (χ1v) is 6.30. The molecular formula is C13H17N5. The van der Waals surface area contributed by atoms with Gasteiger partial charge in [0.25, 0.3) is 0 Å². The van der Waals surface area contributed by atoms with Gasteiger partial charge in [-0.3, -0.25) is 0 Å². The van der Waals surface area contributed by atoms with Crippen molar-refractivity contribution in [3.8, 4) is 11.5 Å². The van der Waals surface area contributed by atoms with Crippen LogP contribution in [-0.2, 0) is 0 Å². The van der Waals surface area contributed by atoms with Crippen LogP contribution in [0.4, 0.5) is 0 Å². The van der Waals surface area contributed by atoms with E-state index >= 15 is 0 Å². The summed E-state index contributed by atoms with van der Waals surface area (Å²) < 4.78 is 0. The molecule has 1 saturated heterocycles. The summed E-state index contributed by atoms with van der Waals surface area (Å²) in [5.41, 5.74) is 3.06. The van der Waals surface area contributed by atoms with E-state index in [1.807, 2.05) is 20.0 Å². The molecule has 1 fully saturated rings. The van der Waals surface area contributed by atoms with Crippen molar-refractivity contribution < 1.29 is 0 Å². The molecule has 0 spiro atoms. The Morgan fingerprint density at radius 1 is 1.28 bits per heavy atom. The van der Waals surface area contributed by atoms with Crippen LogP contribution in [0.5, 0.6) is 0 Å². The van der Waals surface area contributed by atoms with Crippen LogP contribution in [0.2, 0.25) is 0 Å². The third kappa shape index (κ3) is 2.13. The zero-order valence-electron chi connectivity index (χ0n) is 10.7. The maximum absolute atomic E-state index is 4.56. The standard InChI is InChI=1S/C13H17N5/c1-8-6-15-13(16-8)12-5-11(17-9(2)18-12)10-3-4-14-7-10/h5-6,10,14H,3-4,7H2,1-2H3,(H,15,16)/t10-/m0/s1. The Morgan fingerprint density at radius 2 is 2.17 bits per heavy atom. The van der Waals surface area contributed by atoms with Gasteiger partial charge in [-0.1, -0.05) is 0 Å². The molecule has 0 bridgehead atoms. The maximum Gasteiger partial charge on any atom is 0.156 e. The van der Waals surface area contributed by atoms with E-state index in [2.05, 4.69) is 31.3 Å². The van der Waals surface area contributed by atoms with Crippen LogP contribution in [-0.4, -0.2) is 33.0 Å². The monoisotopic (exact) mass is 243 g/mol. The Morgan fingerprint density at radius 3 is 2.83 bits per heavy atom. The molecule has 0 aliphatic carbocycles. The molecule has 0 saturated carbocycles. The SMILES string of the molecule is Cc1nc(-c2ncc(C)[nH]2)cc([C@H]2CCNC2)n1. The largest absolute Gasteiger partial charge is 0.341 e. The summed E-state index contributed by atoms with van der Waals surface area (Å²) >= 11 is 0. The lowest BCUT2D eigenvalue weighted by Crippen LogP contribution is -2.10. The second-order valence-electron chi connectivity index (χ2n) is 4.83. The van der Waals surface area contributed by atoms with Crippen molar-refractivity contribution in [3.05, 3.63) is 29.5 Å². The van der Waals surface area contributed by atoms with Crippen LogP contribution in [0.1, 0.15) is 29.6 Å². The molecule has 3 rings (SSSR count). The second-order valence-corrected chi connectivity index (χ2v) is 4.83. The quantitative estimate of drug-likeness (QED) is 0.840. The minimum Gasteiger partial charge on any atom is -0.341 e. The number of imidazole rings is 1. The van der Waals surface area contributed by atoms with E-state index in [1.165, 1.54) is 0 Å². The predicted octanol–water partition coefficient (Wildman–Crippen LogP) is 1.56. The summed E-state index contributed by atoms with van der Waals surface area (Å²) in [5.74, 6) is 2.13. The van der Waals surface area contributed by atoms with Crippen molar-refractivity contribution in [2.75, 3.05) is 13.1 Å². The number of H-pyrrole nitrogens is 1. The summed E-state index contributed by atoms with van der Waals surface area (Å²) in [6, 6.07) is 2.06. The zero-order valence-corrected chi connectivity index (χ0v) is 10.7. The summed E-state index contributed by atoms with van der Waals surface area (Å²) in [7, 11) is 0. The molecule has 0 amide bonds. The van der Waals surface area contributed by atoms with Gasteiger partial charge in [0.15, 0.2) is 5.82 Å². The predicted molar refractivity (Wildman–Crippen MR) is 69.3 cm³/mol. The van der Waals surface area contributed by atoms with Gasteiger partial charge in [0.2, 0.25) is 0 Å². The van der Waals surface area contributed by atoms with Crippen LogP contribution in [0.15, 0.2) is 12.3 Å². The van der Waals surface area contributed by atoms with Crippen LogP contribution in [0, 0.1) is 13.8 Å². The summed E-state index contributed by atoms with van der Waals surface area (Å²) in [5, 5.41) is 3.37. The highest BCUT2D eigenvalue weighted by Gasteiger charge is 2.19. The molecule has 2 aromatic rings. The van der Waals surface area contributed by atoms with Crippen molar-refractivity contribution in [2.45, 2.75) is 26.2 Å². The van der Waals surface area contributed by atoms with Crippen molar-refractivity contribution in [1.82, 2.24) is 25.3 Å². The van der Waals surface area contributed by atoms with E-state index in [4.69, 9.17) is 0 Å². The van der Waals surface area contributed by atoms with Crippen molar-refractivity contribution in [3.63, 3.8) is 0 Å². The van der Waals surface area contributed by atoms with Crippen LogP contribution in [0.25, 0.3) is 11.5 Å². The molecule has 94 valence electrons. The Hall–Kier alpha value is -1.75. The van der Waals surface area contributed by atoms with Crippen LogP contribution in [0.3, 0.4) is 0 Å². The number of aromatic amines is 1. The molecule has 18 heavy (non-hydrogen) atoms. The molecular weight excluding hydrogens is 226 g/mol. The normalized spacial score (nSPS) is 19.3. The molecule has 2 N–H and O–H groups in total. The minimum atomic E-state index is 0.501. The first-order valence-electron chi connectivity index (χ1n) is 6.30. The Bertz CT molecular complexity index is 554. The molecule has 5 nitrogen and oxygen atoms in total. The fourth-order valence-corrected chi connectivity index (χ4v) is 2.37. The van der Waals surface area contributed by atoms with Gasteiger partial charge in [0.1, 0.15) is 11.5 Å². The lowest BCUT2D eigenvalue weighted by atomic mass is 10.0. The van der Waals surface area contributed by atoms with Crippen LogP contribution < -0.4 is 5.32 Å². The van der Waals surface area contributed by atoms with E-state index in [0.29, 0.717) is 5.92 Å². The zero-order chi connectivity index (χ0) is 12.5. The number of aryl methyl sites for hydroxylation is 2. The van der Waals surface area contributed by atoms with Gasteiger partial charge in [-0.15, -0.1) is 0 Å². The molecule has 0 unspecified atom stereocenters. The van der Waals surface area contributed by atoms with Crippen LogP contribution >= 0.6 is 0 Å². The fourth-order valence-electron chi connectivity index (χ4n) is 2.37. The van der Waals surface area contributed by atoms with Gasteiger partial charge in [-0.05, 0) is 32.9 Å². The van der Waals surface area contributed by atoms with E-state index in [1.54, 1.807) is 0 Å². The van der Waals surface area contributed by atoms with E-state index in [0.717, 1.165) is 48.2 Å². The van der Waals surface area contributed by atoms with E-state index in [-0.39, 0.29) is 0 Å². The first-order chi connectivity index (χ1) is 8.72. The topological polar surface area (TPSA) is 66.5 Å². The summed E-state index contributed by atoms with van der Waals surface area (Å²) in [6.45, 7) is 6.01. The van der Waals surface area contributed by atoms with Gasteiger partial charge in [0.05, 0.1) is 0 Å². The number of hydrogen-bond donors (Lipinski definition) is 2. The molecule has 1 aliphatic rings. The molecule has 0 aromatic carbocycles. The second kappa shape index (κ2) is 4.49. The number of rotatable bonds is 2. The lowest BCUT2D eigenvalue weighted by Gasteiger charge is -2.09. The van der Waals surface area contributed by atoms with Crippen molar-refractivity contribution in [1.29, 1.82) is 0 Å². The van der Waals surface area contributed by atoms with Gasteiger partial charge in [-0.2, -0.15) is 0 Å². The molecule has 5 heteroatoms. The third-order valence-corrected chi connectivity index (χ3v) is 3.28. The average Bonchev–Trinajstić information content (AvgIpc) is 2.98. The molecule has 3 heterocycles. The molecule has 0 radical (unpaired) electrons. The van der Waals surface area contributed by atoms with Crippen molar-refractivity contribution in [2.24, 2.45) is 0 Å². The Balaban J connectivity index is 1.99. The van der Waals surface area contributed by atoms with Gasteiger partial charge in [-0.25, -0.2) is 15.0 Å². The highest BCUT2D eigenvalue weighted by atomic mass is 15.0. The Kier molecular flexibility index (Phi) is 2.83. The molecule has 1 atom stereocenters. The lowest BCUT2D eigenvalue weighted by molar-refractivity contribution is 0.725. The minimum absolute atomic E-state index is 0.501. The smallest absolute Gasteiger partial charge is 0.156 e. The maximum atomic E-state index is 4.56. The average molecular weight is 243 g/mol. The molecule has 1 aliphatic heterocycles. The van der Waals surface area contributed by atoms with E-state index < -0.39 is 0 Å². The first kappa shape index (κ1) is 11.3. The summed E-state index contributed by atoms with van der Waals surface area (Å²) in [6.07, 6.45) is 2.97. The number of nitrogens with one attached hydrogen (secondary N) is 2. The summed E-state index contributed by atoms with van der Waals surface area (Å²) in [4.78, 5) is 16.6. The highest BCUT2D eigenvalue weighted by Crippen LogP contribution is 2.23. The van der Waals surface area contributed by atoms with Gasteiger partial charge in [0, 0.05) is 30.0 Å². The van der Waals surface area contributed by atoms with Gasteiger partial charge < -0.3 is 10.3 Å². The Labute approximate surface area is 106 Å². The molecule has 2 aromatic heterocycles. The third-order valence-electron chi connectivity index (χ3n) is 3.28. The number of aromatic nitrogens is 4.